The minimum Gasteiger partial charge on any atom is -0.463 e. The summed E-state index contributed by atoms with van der Waals surface area (Å²) in [6, 6.07) is 7.14. The van der Waals surface area contributed by atoms with Crippen molar-refractivity contribution in [3.05, 3.63) is 29.8 Å². The zero-order valence-corrected chi connectivity index (χ0v) is 14.0. The molecule has 0 aromatic heterocycles. The number of anilines is 1. The molecule has 23 heavy (non-hydrogen) atoms. The van der Waals surface area contributed by atoms with Crippen LogP contribution in [0.15, 0.2) is 29.4 Å². The Hall–Kier alpha value is -2.41. The number of ketones is 1. The molecule has 0 aliphatic carbocycles. The largest absolute Gasteiger partial charge is 0.463 e. The zero-order chi connectivity index (χ0) is 17.1. The molecule has 1 heterocycles. The van der Waals surface area contributed by atoms with Gasteiger partial charge in [0.05, 0.1) is 12.8 Å². The van der Waals surface area contributed by atoms with Crippen molar-refractivity contribution in [2.24, 2.45) is 11.0 Å². The highest BCUT2D eigenvalue weighted by Gasteiger charge is 2.32. The van der Waals surface area contributed by atoms with E-state index in [0.717, 1.165) is 5.69 Å². The van der Waals surface area contributed by atoms with Crippen LogP contribution in [0.4, 0.5) is 5.69 Å². The highest BCUT2D eigenvalue weighted by Crippen LogP contribution is 2.24. The van der Waals surface area contributed by atoms with Crippen LogP contribution in [0.2, 0.25) is 0 Å². The maximum atomic E-state index is 11.9. The number of ether oxygens (including phenoxy) is 1. The first-order valence-electron chi connectivity index (χ1n) is 7.42. The molecule has 1 unspecified atom stereocenters. The normalized spacial score (nSPS) is 18.0. The van der Waals surface area contributed by atoms with Crippen LogP contribution in [-0.2, 0) is 9.53 Å². The average molecular weight is 318 g/mol. The van der Waals surface area contributed by atoms with Crippen LogP contribution in [-0.4, -0.2) is 42.9 Å². The van der Waals surface area contributed by atoms with E-state index in [-0.39, 0.29) is 23.7 Å². The minimum absolute atomic E-state index is 0.00668. The summed E-state index contributed by atoms with van der Waals surface area (Å²) in [5.41, 5.74) is 4.65. The van der Waals surface area contributed by atoms with Gasteiger partial charge in [-0.1, -0.05) is 13.8 Å². The Bertz CT molecular complexity index is 625. The Kier molecular flexibility index (Phi) is 5.00. The number of carbonyl (C=O) groups excluding carboxylic acids is 2. The van der Waals surface area contributed by atoms with Crippen molar-refractivity contribution >= 4 is 23.3 Å². The first kappa shape index (κ1) is 17.0. The van der Waals surface area contributed by atoms with Gasteiger partial charge in [-0.05, 0) is 37.1 Å². The van der Waals surface area contributed by atoms with E-state index in [1.165, 1.54) is 14.0 Å². The predicted molar refractivity (Wildman–Crippen MR) is 87.9 cm³/mol. The highest BCUT2D eigenvalue weighted by atomic mass is 16.5. The molecule has 1 aromatic rings. The fraction of sp³-hybridized carbons (Fsp3) is 0.438. The summed E-state index contributed by atoms with van der Waals surface area (Å²) in [5, 5.41) is 7.74. The summed E-state index contributed by atoms with van der Waals surface area (Å²) in [6.45, 7) is 5.64. The van der Waals surface area contributed by atoms with Crippen LogP contribution in [0.25, 0.3) is 0 Å². The lowest BCUT2D eigenvalue weighted by atomic mass is 10.1. The van der Waals surface area contributed by atoms with Gasteiger partial charge in [0.15, 0.2) is 5.78 Å². The second-order valence-corrected chi connectivity index (χ2v) is 5.74. The van der Waals surface area contributed by atoms with Gasteiger partial charge in [-0.2, -0.15) is 0 Å². The number of hydrazone groups is 1. The van der Waals surface area contributed by atoms with Gasteiger partial charge >= 0.3 is 5.97 Å². The second-order valence-electron chi connectivity index (χ2n) is 5.74. The quantitative estimate of drug-likeness (QED) is 0.671. The maximum absolute atomic E-state index is 11.9. The Morgan fingerprint density at radius 1 is 1.26 bits per heavy atom. The number of nitrogens with zero attached hydrogens (tertiary/aromatic N) is 3. The van der Waals surface area contributed by atoms with E-state index >= 15 is 0 Å². The molecular weight excluding hydrogens is 296 g/mol. The smallest absolute Gasteiger partial charge is 0.377 e. The molecule has 2 rings (SSSR count). The van der Waals surface area contributed by atoms with Gasteiger partial charge in [-0.25, -0.2) is 15.2 Å². The monoisotopic (exact) mass is 318 g/mol. The lowest BCUT2D eigenvalue weighted by Gasteiger charge is -2.40. The first-order valence-corrected chi connectivity index (χ1v) is 7.42. The number of hydrogen-bond acceptors (Lipinski definition) is 7. The number of benzene rings is 1. The van der Waals surface area contributed by atoms with Gasteiger partial charge in [0.1, 0.15) is 6.17 Å². The van der Waals surface area contributed by atoms with E-state index in [2.05, 4.69) is 24.4 Å². The van der Waals surface area contributed by atoms with Crippen molar-refractivity contribution in [2.75, 3.05) is 19.2 Å². The molecule has 0 saturated carbocycles. The molecule has 124 valence electrons. The molecule has 0 spiro atoms. The van der Waals surface area contributed by atoms with Gasteiger partial charge in [-0.15, -0.1) is 5.10 Å². The predicted octanol–water partition coefficient (Wildman–Crippen LogP) is 1.61. The number of esters is 1. The third-order valence-electron chi connectivity index (χ3n) is 3.65. The minimum atomic E-state index is -0.521. The van der Waals surface area contributed by atoms with Crippen LogP contribution < -0.4 is 10.4 Å². The molecule has 1 aliphatic heterocycles. The first-order chi connectivity index (χ1) is 10.8. The van der Waals surface area contributed by atoms with E-state index < -0.39 is 5.97 Å². The van der Waals surface area contributed by atoms with Crippen molar-refractivity contribution in [3.63, 3.8) is 0 Å². The number of carbonyl (C=O) groups is 2. The topological polar surface area (TPSA) is 74.2 Å². The van der Waals surface area contributed by atoms with Crippen molar-refractivity contribution < 1.29 is 14.3 Å². The molecule has 0 amide bonds. The molecule has 7 heteroatoms. The third-order valence-corrected chi connectivity index (χ3v) is 3.65. The molecule has 1 aliphatic rings. The van der Waals surface area contributed by atoms with Gasteiger partial charge in [0.25, 0.3) is 0 Å². The van der Waals surface area contributed by atoms with Crippen LogP contribution in [0.5, 0.6) is 0 Å². The van der Waals surface area contributed by atoms with Crippen LogP contribution in [0, 0.1) is 5.92 Å². The molecule has 1 atom stereocenters. The molecular formula is C16H22N4O3. The van der Waals surface area contributed by atoms with Crippen molar-refractivity contribution in [2.45, 2.75) is 26.9 Å². The zero-order valence-electron chi connectivity index (χ0n) is 14.0. The molecule has 1 aromatic carbocycles. The summed E-state index contributed by atoms with van der Waals surface area (Å²) in [5.74, 6) is -0.118. The maximum Gasteiger partial charge on any atom is 0.377 e. The Labute approximate surface area is 135 Å². The standard InChI is InChI=1S/C16H22N4O3/c1-10(2)14-17-19(4)15(16(22)23-5)18-20(14)13-8-6-12(7-9-13)11(3)21/h6-10,14,17H,1-5H3. The van der Waals surface area contributed by atoms with Gasteiger partial charge < -0.3 is 4.74 Å². The Morgan fingerprint density at radius 2 is 1.87 bits per heavy atom. The number of Topliss-reactive ketones (excluding diaryl/α,β-unsaturated/α-hetero) is 1. The van der Waals surface area contributed by atoms with Crippen LogP contribution in [0.1, 0.15) is 31.1 Å². The Balaban J connectivity index is 2.42. The molecule has 0 fully saturated rings. The molecule has 0 radical (unpaired) electrons. The molecule has 0 bridgehead atoms. The van der Waals surface area contributed by atoms with Crippen LogP contribution in [0.3, 0.4) is 0 Å². The summed E-state index contributed by atoms with van der Waals surface area (Å²) in [6.07, 6.45) is -0.128. The third kappa shape index (κ3) is 3.50. The number of methoxy groups -OCH3 is 1. The van der Waals surface area contributed by atoms with Gasteiger partial charge in [0.2, 0.25) is 5.84 Å². The summed E-state index contributed by atoms with van der Waals surface area (Å²) in [4.78, 5) is 23.3. The van der Waals surface area contributed by atoms with E-state index in [4.69, 9.17) is 4.74 Å². The summed E-state index contributed by atoms with van der Waals surface area (Å²) >= 11 is 0. The fourth-order valence-corrected chi connectivity index (χ4v) is 2.31. The second kappa shape index (κ2) is 6.78. The number of hydrogen-bond donors (Lipinski definition) is 1. The van der Waals surface area contributed by atoms with Crippen LogP contribution >= 0.6 is 0 Å². The van der Waals surface area contributed by atoms with E-state index in [1.807, 2.05) is 12.1 Å². The van der Waals surface area contributed by atoms with E-state index in [1.54, 1.807) is 29.2 Å². The fourth-order valence-electron chi connectivity index (χ4n) is 2.31. The van der Waals surface area contributed by atoms with Crippen molar-refractivity contribution in [1.29, 1.82) is 0 Å². The number of amidine groups is 1. The lowest BCUT2D eigenvalue weighted by Crippen LogP contribution is -2.61. The lowest BCUT2D eigenvalue weighted by molar-refractivity contribution is -0.133. The highest BCUT2D eigenvalue weighted by molar-refractivity contribution is 6.35. The number of nitrogens with one attached hydrogen (secondary N) is 1. The Morgan fingerprint density at radius 3 is 2.35 bits per heavy atom. The van der Waals surface area contributed by atoms with Gasteiger partial charge in [-0.3, -0.25) is 9.80 Å². The SMILES string of the molecule is COC(=O)C1=NN(c2ccc(C(C)=O)cc2)C(C(C)C)NN1C. The number of rotatable bonds is 4. The summed E-state index contributed by atoms with van der Waals surface area (Å²) < 4.78 is 4.77. The number of likely N-dealkylation sites (N-methyl/N-ethyl adjacent to an activating group) is 1. The summed E-state index contributed by atoms with van der Waals surface area (Å²) in [7, 11) is 3.04. The average Bonchev–Trinajstić information content (AvgIpc) is 2.53. The van der Waals surface area contributed by atoms with E-state index in [9.17, 15) is 9.59 Å². The number of hydrazine groups is 1. The molecule has 0 saturated heterocycles. The molecule has 7 nitrogen and oxygen atoms in total. The molecule has 1 N–H and O–H groups in total. The van der Waals surface area contributed by atoms with Gasteiger partial charge in [0, 0.05) is 12.6 Å². The van der Waals surface area contributed by atoms with E-state index in [0.29, 0.717) is 5.56 Å². The van der Waals surface area contributed by atoms with Crippen molar-refractivity contribution in [1.82, 2.24) is 10.4 Å². The van der Waals surface area contributed by atoms with Crippen molar-refractivity contribution in [3.8, 4) is 0 Å².